The van der Waals surface area contributed by atoms with Crippen LogP contribution in [0.4, 0.5) is 0 Å². The van der Waals surface area contributed by atoms with Crippen molar-refractivity contribution in [2.45, 2.75) is 39.5 Å². The summed E-state index contributed by atoms with van der Waals surface area (Å²) in [5, 5.41) is 0. The zero-order valence-electron chi connectivity index (χ0n) is 8.59. The zero-order valence-corrected chi connectivity index (χ0v) is 8.59. The van der Waals surface area contributed by atoms with Crippen molar-refractivity contribution in [2.24, 2.45) is 0 Å². The van der Waals surface area contributed by atoms with Crippen LogP contribution in [-0.4, -0.2) is 11.9 Å². The van der Waals surface area contributed by atoms with Crippen LogP contribution >= 0.6 is 0 Å². The highest BCUT2D eigenvalue weighted by Gasteiger charge is 1.80. The number of unbranched alkanes of at least 4 members (excludes halogenated alkanes) is 2. The van der Waals surface area contributed by atoms with E-state index in [4.69, 9.17) is 0 Å². The van der Waals surface area contributed by atoms with Gasteiger partial charge in [-0.05, 0) is 25.2 Å². The highest BCUT2D eigenvalue weighted by atomic mass is 15.0. The predicted molar refractivity (Wildman–Crippen MR) is 55.9 cm³/mol. The Kier molecular flexibility index (Phi) is 7.87. The van der Waals surface area contributed by atoms with Crippen LogP contribution in [0.5, 0.6) is 0 Å². The van der Waals surface area contributed by atoms with E-state index in [2.05, 4.69) is 50.3 Å². The van der Waals surface area contributed by atoms with Crippen molar-refractivity contribution < 1.29 is 0 Å². The third kappa shape index (κ3) is 7.39. The molecule has 0 rings (SSSR count). The Hall–Kier alpha value is -0.720. The van der Waals surface area contributed by atoms with Gasteiger partial charge < -0.3 is 4.90 Å². The molecule has 0 fully saturated rings. The summed E-state index contributed by atoms with van der Waals surface area (Å²) in [6.45, 7) is 4.38. The van der Waals surface area contributed by atoms with Gasteiger partial charge in [-0.15, -0.1) is 0 Å². The molecule has 0 N–H and O–H groups in total. The van der Waals surface area contributed by atoms with Gasteiger partial charge in [-0.2, -0.15) is 0 Å². The largest absolute Gasteiger partial charge is 0.358 e. The Balaban J connectivity index is 3.50. The molecule has 1 nitrogen and oxygen atoms in total. The number of hydrogen-bond acceptors (Lipinski definition) is 1. The second-order valence-corrected chi connectivity index (χ2v) is 3.01. The summed E-state index contributed by atoms with van der Waals surface area (Å²) in [6, 6.07) is 0. The Morgan fingerprint density at radius 3 is 1.67 bits per heavy atom. The third-order valence-electron chi connectivity index (χ3n) is 1.59. The minimum absolute atomic E-state index is 1.17. The zero-order chi connectivity index (χ0) is 9.23. The summed E-state index contributed by atoms with van der Waals surface area (Å²) >= 11 is 0. The summed E-state index contributed by atoms with van der Waals surface area (Å²) in [5.74, 6) is 0. The molecule has 0 unspecified atom stereocenters. The first-order valence-corrected chi connectivity index (χ1v) is 4.86. The van der Waals surface area contributed by atoms with Crippen LogP contribution in [0, 0.1) is 0 Å². The van der Waals surface area contributed by atoms with Crippen molar-refractivity contribution in [3.05, 3.63) is 24.6 Å². The normalized spacial score (nSPS) is 11.6. The smallest absolute Gasteiger partial charge is 0.0106 e. The standard InChI is InChI=1S/C11H21N/c1-4-6-8-10-12(3)11-9-7-5-2/h8-11H,4-7H2,1-3H3/b10-8+,11-9+. The first kappa shape index (κ1) is 11.3. The maximum Gasteiger partial charge on any atom is 0.0106 e. The van der Waals surface area contributed by atoms with Gasteiger partial charge in [0.15, 0.2) is 0 Å². The average Bonchev–Trinajstić information content (AvgIpc) is 2.06. The van der Waals surface area contributed by atoms with E-state index in [1.807, 2.05) is 0 Å². The summed E-state index contributed by atoms with van der Waals surface area (Å²) in [4.78, 5) is 2.10. The molecule has 0 saturated carbocycles. The second kappa shape index (κ2) is 8.38. The molecule has 1 heteroatoms. The molecular formula is C11H21N. The van der Waals surface area contributed by atoms with E-state index in [0.717, 1.165) is 0 Å². The van der Waals surface area contributed by atoms with Crippen LogP contribution in [0.25, 0.3) is 0 Å². The van der Waals surface area contributed by atoms with E-state index in [-0.39, 0.29) is 0 Å². The van der Waals surface area contributed by atoms with Crippen molar-refractivity contribution in [3.8, 4) is 0 Å². The first-order chi connectivity index (χ1) is 5.81. The van der Waals surface area contributed by atoms with Gasteiger partial charge in [-0.25, -0.2) is 0 Å². The van der Waals surface area contributed by atoms with Crippen LogP contribution in [0.1, 0.15) is 39.5 Å². The van der Waals surface area contributed by atoms with Gasteiger partial charge in [0.25, 0.3) is 0 Å². The monoisotopic (exact) mass is 167 g/mol. The molecule has 0 aromatic carbocycles. The Bertz CT molecular complexity index is 120. The Morgan fingerprint density at radius 2 is 1.33 bits per heavy atom. The molecule has 0 aliphatic carbocycles. The lowest BCUT2D eigenvalue weighted by Crippen LogP contribution is -1.99. The van der Waals surface area contributed by atoms with Crippen molar-refractivity contribution in [2.75, 3.05) is 7.05 Å². The predicted octanol–water partition coefficient (Wildman–Crippen LogP) is 3.55. The number of nitrogens with zero attached hydrogens (tertiary/aromatic N) is 1. The lowest BCUT2D eigenvalue weighted by atomic mass is 10.3. The first-order valence-electron chi connectivity index (χ1n) is 4.86. The van der Waals surface area contributed by atoms with Crippen molar-refractivity contribution in [1.82, 2.24) is 4.90 Å². The highest BCUT2D eigenvalue weighted by Crippen LogP contribution is 1.94. The molecule has 0 aromatic heterocycles. The fourth-order valence-electron chi connectivity index (χ4n) is 0.865. The van der Waals surface area contributed by atoms with Crippen molar-refractivity contribution >= 4 is 0 Å². The molecule has 0 bridgehead atoms. The summed E-state index contributed by atoms with van der Waals surface area (Å²) in [7, 11) is 2.07. The van der Waals surface area contributed by atoms with Gasteiger partial charge in [0.2, 0.25) is 0 Å². The van der Waals surface area contributed by atoms with E-state index >= 15 is 0 Å². The quantitative estimate of drug-likeness (QED) is 0.585. The SMILES string of the molecule is CCC/C=C/N(C)/C=C/CCC. The molecule has 0 aliphatic rings. The maximum atomic E-state index is 2.20. The molecule has 12 heavy (non-hydrogen) atoms. The molecule has 0 aliphatic heterocycles. The number of rotatable bonds is 6. The van der Waals surface area contributed by atoms with E-state index in [9.17, 15) is 0 Å². The van der Waals surface area contributed by atoms with Crippen molar-refractivity contribution in [3.63, 3.8) is 0 Å². The summed E-state index contributed by atoms with van der Waals surface area (Å²) < 4.78 is 0. The lowest BCUT2D eigenvalue weighted by Gasteiger charge is -2.05. The van der Waals surface area contributed by atoms with Gasteiger partial charge in [0.05, 0.1) is 0 Å². The van der Waals surface area contributed by atoms with Gasteiger partial charge >= 0.3 is 0 Å². The van der Waals surface area contributed by atoms with Crippen LogP contribution < -0.4 is 0 Å². The lowest BCUT2D eigenvalue weighted by molar-refractivity contribution is 0.617. The number of allylic oxidation sites excluding steroid dienone is 2. The van der Waals surface area contributed by atoms with E-state index in [1.165, 1.54) is 25.7 Å². The van der Waals surface area contributed by atoms with Crippen LogP contribution in [0.2, 0.25) is 0 Å². The fraction of sp³-hybridized carbons (Fsp3) is 0.636. The summed E-state index contributed by atoms with van der Waals surface area (Å²) in [6.07, 6.45) is 13.4. The minimum atomic E-state index is 1.17. The second-order valence-electron chi connectivity index (χ2n) is 3.01. The molecule has 0 spiro atoms. The van der Waals surface area contributed by atoms with E-state index < -0.39 is 0 Å². The van der Waals surface area contributed by atoms with Gasteiger partial charge in [-0.1, -0.05) is 38.8 Å². The molecule has 0 amide bonds. The molecular weight excluding hydrogens is 146 g/mol. The summed E-state index contributed by atoms with van der Waals surface area (Å²) in [5.41, 5.74) is 0. The Labute approximate surface area is 76.8 Å². The third-order valence-corrected chi connectivity index (χ3v) is 1.59. The van der Waals surface area contributed by atoms with Crippen LogP contribution in [0.15, 0.2) is 24.6 Å². The average molecular weight is 167 g/mol. The van der Waals surface area contributed by atoms with Gasteiger partial charge in [-0.3, -0.25) is 0 Å². The molecule has 0 atom stereocenters. The van der Waals surface area contributed by atoms with Crippen LogP contribution in [0.3, 0.4) is 0 Å². The molecule has 0 radical (unpaired) electrons. The van der Waals surface area contributed by atoms with Crippen molar-refractivity contribution in [1.29, 1.82) is 0 Å². The minimum Gasteiger partial charge on any atom is -0.358 e. The molecule has 70 valence electrons. The molecule has 0 heterocycles. The fourth-order valence-corrected chi connectivity index (χ4v) is 0.865. The molecule has 0 aromatic rings. The Morgan fingerprint density at radius 1 is 0.917 bits per heavy atom. The van der Waals surface area contributed by atoms with Gasteiger partial charge in [0.1, 0.15) is 0 Å². The number of hydrogen-bond donors (Lipinski definition) is 0. The maximum absolute atomic E-state index is 2.20. The topological polar surface area (TPSA) is 3.24 Å². The highest BCUT2D eigenvalue weighted by molar-refractivity contribution is 4.89. The van der Waals surface area contributed by atoms with E-state index in [1.54, 1.807) is 0 Å². The van der Waals surface area contributed by atoms with E-state index in [0.29, 0.717) is 0 Å². The molecule has 0 saturated heterocycles. The van der Waals surface area contributed by atoms with Gasteiger partial charge in [0, 0.05) is 7.05 Å². The van der Waals surface area contributed by atoms with Crippen LogP contribution in [-0.2, 0) is 0 Å².